The van der Waals surface area contributed by atoms with Crippen LogP contribution in [-0.4, -0.2) is 12.1 Å². The number of rotatable bonds is 5. The van der Waals surface area contributed by atoms with Gasteiger partial charge < -0.3 is 4.79 Å². The summed E-state index contributed by atoms with van der Waals surface area (Å²) in [6.07, 6.45) is 4.14. The van der Waals surface area contributed by atoms with E-state index in [0.29, 0.717) is 12.3 Å². The Hall–Kier alpha value is -1.88. The Balaban J connectivity index is 2.05. The zero-order chi connectivity index (χ0) is 13.7. The molecule has 1 saturated carbocycles. The maximum atomic E-state index is 11.8. The maximum Gasteiger partial charge on any atom is 0.148 e. The summed E-state index contributed by atoms with van der Waals surface area (Å²) in [4.78, 5) is 22.1. The molecule has 1 aromatic rings. The van der Waals surface area contributed by atoms with E-state index in [9.17, 15) is 9.59 Å². The van der Waals surface area contributed by atoms with Gasteiger partial charge in [-0.25, -0.2) is 0 Å². The van der Waals surface area contributed by atoms with Crippen LogP contribution in [0, 0.1) is 23.2 Å². The van der Waals surface area contributed by atoms with Crippen LogP contribution in [0.1, 0.15) is 38.2 Å². The second-order valence-corrected chi connectivity index (χ2v) is 5.14. The average molecular weight is 254 g/mol. The van der Waals surface area contributed by atoms with Crippen LogP contribution >= 0.6 is 0 Å². The van der Waals surface area contributed by atoms with Gasteiger partial charge >= 0.3 is 0 Å². The van der Waals surface area contributed by atoms with Crippen LogP contribution in [0.25, 0.3) is 0 Å². The Kier molecular flexibility index (Phi) is 4.16. The molecule has 0 N–H and O–H groups in total. The predicted octanol–water partition coefficient (Wildman–Crippen LogP) is 3.00. The van der Waals surface area contributed by atoms with Gasteiger partial charge in [0.15, 0.2) is 0 Å². The summed E-state index contributed by atoms with van der Waals surface area (Å²) in [7, 11) is 0. The number of carbonyl (C=O) groups excluding carboxylic acids is 2. The smallest absolute Gasteiger partial charge is 0.148 e. The van der Waals surface area contributed by atoms with Gasteiger partial charge in [-0.15, -0.1) is 0 Å². The highest BCUT2D eigenvalue weighted by atomic mass is 16.1. The third-order valence-electron chi connectivity index (χ3n) is 3.81. The molecule has 0 heterocycles. The summed E-state index contributed by atoms with van der Waals surface area (Å²) in [5.41, 5.74) is 0.500. The summed E-state index contributed by atoms with van der Waals surface area (Å²) < 4.78 is 0. The molecule has 0 unspecified atom stereocenters. The standard InChI is InChI=1S/C17H18O2/c1-14(19)17(13-16(17)9-5-6-12-18)11-10-15-7-3-2-4-8-15/h2-4,7-8,12,16H,5-6,9,13H2,1H3/t16-,17+/m0/s1. The number of Topliss-reactive ketones (excluding diaryl/α,β-unsaturated/α-hetero) is 1. The van der Waals surface area contributed by atoms with Crippen LogP contribution in [0.5, 0.6) is 0 Å². The number of ketones is 1. The van der Waals surface area contributed by atoms with E-state index in [0.717, 1.165) is 31.1 Å². The molecule has 0 radical (unpaired) electrons. The summed E-state index contributed by atoms with van der Waals surface area (Å²) >= 11 is 0. The number of hydrogen-bond acceptors (Lipinski definition) is 2. The van der Waals surface area contributed by atoms with Crippen LogP contribution in [0.4, 0.5) is 0 Å². The lowest BCUT2D eigenvalue weighted by Gasteiger charge is -2.05. The quantitative estimate of drug-likeness (QED) is 0.460. The lowest BCUT2D eigenvalue weighted by atomic mass is 9.96. The third kappa shape index (κ3) is 3.12. The van der Waals surface area contributed by atoms with E-state index in [4.69, 9.17) is 0 Å². The molecule has 1 aromatic carbocycles. The number of carbonyl (C=O) groups is 2. The van der Waals surface area contributed by atoms with Crippen molar-refractivity contribution in [3.05, 3.63) is 35.9 Å². The molecule has 0 spiro atoms. The molecule has 0 bridgehead atoms. The minimum absolute atomic E-state index is 0.159. The first kappa shape index (κ1) is 13.5. The Morgan fingerprint density at radius 2 is 2.16 bits per heavy atom. The second-order valence-electron chi connectivity index (χ2n) is 5.14. The Labute approximate surface area is 114 Å². The van der Waals surface area contributed by atoms with Crippen molar-refractivity contribution in [2.24, 2.45) is 11.3 Å². The monoisotopic (exact) mass is 254 g/mol. The maximum absolute atomic E-state index is 11.8. The van der Waals surface area contributed by atoms with Gasteiger partial charge in [0, 0.05) is 12.0 Å². The lowest BCUT2D eigenvalue weighted by Crippen LogP contribution is -2.12. The van der Waals surface area contributed by atoms with Gasteiger partial charge in [-0.3, -0.25) is 4.79 Å². The van der Waals surface area contributed by atoms with Crippen molar-refractivity contribution in [1.82, 2.24) is 0 Å². The molecule has 98 valence electrons. The molecular formula is C17H18O2. The van der Waals surface area contributed by atoms with E-state index in [1.54, 1.807) is 6.92 Å². The van der Waals surface area contributed by atoms with Crippen LogP contribution in [0.3, 0.4) is 0 Å². The predicted molar refractivity (Wildman–Crippen MR) is 74.5 cm³/mol. The molecule has 19 heavy (non-hydrogen) atoms. The zero-order valence-electron chi connectivity index (χ0n) is 11.2. The van der Waals surface area contributed by atoms with Gasteiger partial charge in [0.25, 0.3) is 0 Å². The van der Waals surface area contributed by atoms with Gasteiger partial charge in [0.05, 0.1) is 5.41 Å². The summed E-state index contributed by atoms with van der Waals surface area (Å²) in [5.74, 6) is 6.78. The van der Waals surface area contributed by atoms with Crippen LogP contribution < -0.4 is 0 Å². The Morgan fingerprint density at radius 1 is 1.42 bits per heavy atom. The largest absolute Gasteiger partial charge is 0.303 e. The minimum atomic E-state index is -0.446. The fraction of sp³-hybridized carbons (Fsp3) is 0.412. The summed E-state index contributed by atoms with van der Waals surface area (Å²) in [6, 6.07) is 9.73. The van der Waals surface area contributed by atoms with Crippen molar-refractivity contribution in [3.8, 4) is 11.8 Å². The second kappa shape index (κ2) is 5.84. The molecule has 2 nitrogen and oxygen atoms in total. The number of hydrogen-bond donors (Lipinski definition) is 0. The van der Waals surface area contributed by atoms with Crippen molar-refractivity contribution in [2.45, 2.75) is 32.6 Å². The van der Waals surface area contributed by atoms with E-state index in [2.05, 4.69) is 11.8 Å². The fourth-order valence-electron chi connectivity index (χ4n) is 2.50. The molecular weight excluding hydrogens is 236 g/mol. The van der Waals surface area contributed by atoms with Crippen LogP contribution in [0.15, 0.2) is 30.3 Å². The number of unbranched alkanes of at least 4 members (excludes halogenated alkanes) is 1. The topological polar surface area (TPSA) is 34.1 Å². The lowest BCUT2D eigenvalue weighted by molar-refractivity contribution is -0.120. The van der Waals surface area contributed by atoms with Gasteiger partial charge in [-0.2, -0.15) is 0 Å². The van der Waals surface area contributed by atoms with E-state index >= 15 is 0 Å². The first-order valence-electron chi connectivity index (χ1n) is 6.72. The molecule has 1 aliphatic rings. The average Bonchev–Trinajstić information content (AvgIpc) is 3.13. The molecule has 1 aliphatic carbocycles. The van der Waals surface area contributed by atoms with Gasteiger partial charge in [-0.05, 0) is 44.2 Å². The van der Waals surface area contributed by atoms with Crippen molar-refractivity contribution in [2.75, 3.05) is 0 Å². The molecule has 0 aliphatic heterocycles. The van der Waals surface area contributed by atoms with Gasteiger partial charge in [0.2, 0.25) is 0 Å². The van der Waals surface area contributed by atoms with E-state index in [-0.39, 0.29) is 5.78 Å². The van der Waals surface area contributed by atoms with Crippen LogP contribution in [0.2, 0.25) is 0 Å². The molecule has 0 amide bonds. The number of benzene rings is 1. The summed E-state index contributed by atoms with van der Waals surface area (Å²) in [6.45, 7) is 1.62. The highest BCUT2D eigenvalue weighted by Crippen LogP contribution is 2.55. The van der Waals surface area contributed by atoms with Crippen molar-refractivity contribution >= 4 is 12.1 Å². The molecule has 1 fully saturated rings. The van der Waals surface area contributed by atoms with Gasteiger partial charge in [-0.1, -0.05) is 30.0 Å². The number of aldehydes is 1. The molecule has 2 atom stereocenters. The van der Waals surface area contributed by atoms with E-state index in [1.165, 1.54) is 0 Å². The highest BCUT2D eigenvalue weighted by molar-refractivity contribution is 5.89. The molecule has 2 heteroatoms. The minimum Gasteiger partial charge on any atom is -0.303 e. The highest BCUT2D eigenvalue weighted by Gasteiger charge is 2.56. The fourth-order valence-corrected chi connectivity index (χ4v) is 2.50. The van der Waals surface area contributed by atoms with Crippen molar-refractivity contribution in [3.63, 3.8) is 0 Å². The molecule has 0 aromatic heterocycles. The first-order chi connectivity index (χ1) is 9.19. The first-order valence-corrected chi connectivity index (χ1v) is 6.72. The van der Waals surface area contributed by atoms with Crippen LogP contribution in [-0.2, 0) is 9.59 Å². The SMILES string of the molecule is CC(=O)[C@@]1(C#Cc2ccccc2)C[C@@H]1CCCC=O. The van der Waals surface area contributed by atoms with E-state index < -0.39 is 5.41 Å². The third-order valence-corrected chi connectivity index (χ3v) is 3.81. The van der Waals surface area contributed by atoms with E-state index in [1.807, 2.05) is 30.3 Å². The Morgan fingerprint density at radius 3 is 2.79 bits per heavy atom. The van der Waals surface area contributed by atoms with Crippen molar-refractivity contribution < 1.29 is 9.59 Å². The zero-order valence-corrected chi connectivity index (χ0v) is 11.2. The normalized spacial score (nSPS) is 24.2. The van der Waals surface area contributed by atoms with Crippen molar-refractivity contribution in [1.29, 1.82) is 0 Å². The Bertz CT molecular complexity index is 521. The molecule has 0 saturated heterocycles. The molecule has 2 rings (SSSR count). The summed E-state index contributed by atoms with van der Waals surface area (Å²) in [5, 5.41) is 0. The van der Waals surface area contributed by atoms with Gasteiger partial charge in [0.1, 0.15) is 12.1 Å².